The number of guanidine groups is 1. The van der Waals surface area contributed by atoms with Crippen molar-refractivity contribution < 1.29 is 18.3 Å². The third-order valence-electron chi connectivity index (χ3n) is 4.76. The Morgan fingerprint density at radius 2 is 2.07 bits per heavy atom. The molecule has 2 aliphatic rings. The number of aliphatic hydroxyl groups excluding tert-OH is 1. The number of ether oxygens (including phenoxy) is 1. The minimum Gasteiger partial charge on any atom is -0.396 e. The maximum Gasteiger partial charge on any atom is 0.215 e. The van der Waals surface area contributed by atoms with Crippen LogP contribution in [0.2, 0.25) is 0 Å². The summed E-state index contributed by atoms with van der Waals surface area (Å²) >= 11 is 1.79. The molecule has 0 amide bonds. The summed E-state index contributed by atoms with van der Waals surface area (Å²) in [4.78, 5) is 4.61. The lowest BCUT2D eigenvalue weighted by Crippen LogP contribution is -2.44. The lowest BCUT2D eigenvalue weighted by Gasteiger charge is -2.26. The molecule has 2 aliphatic heterocycles. The first-order valence-corrected chi connectivity index (χ1v) is 12.0. The van der Waals surface area contributed by atoms with E-state index < -0.39 is 10.0 Å². The standard InChI is InChI=1S/C16H32N4O4S2.HI/c1-2-17-15(19-13-16(3-8-21)4-9-24-14-16)18-5-12-26(22,23)20-6-10-25-11-7-20;/h21H,2-14H2,1H3,(H2,17,18,19);1H. The lowest BCUT2D eigenvalue weighted by molar-refractivity contribution is 0.131. The van der Waals surface area contributed by atoms with E-state index in [1.54, 1.807) is 16.1 Å². The van der Waals surface area contributed by atoms with Gasteiger partial charge in [0, 0.05) is 56.3 Å². The summed E-state index contributed by atoms with van der Waals surface area (Å²) in [7, 11) is -3.22. The van der Waals surface area contributed by atoms with Gasteiger partial charge in [-0.1, -0.05) is 0 Å². The van der Waals surface area contributed by atoms with Gasteiger partial charge in [-0.15, -0.1) is 24.0 Å². The number of sulfonamides is 1. The van der Waals surface area contributed by atoms with E-state index in [0.717, 1.165) is 17.9 Å². The third kappa shape index (κ3) is 8.21. The van der Waals surface area contributed by atoms with Crippen molar-refractivity contribution in [3.63, 3.8) is 0 Å². The van der Waals surface area contributed by atoms with Gasteiger partial charge in [-0.25, -0.2) is 12.7 Å². The van der Waals surface area contributed by atoms with Crippen LogP contribution < -0.4 is 10.6 Å². The number of aliphatic hydroxyl groups is 1. The average Bonchev–Trinajstić information content (AvgIpc) is 3.09. The predicted octanol–water partition coefficient (Wildman–Crippen LogP) is 0.327. The number of halogens is 1. The molecule has 0 saturated carbocycles. The van der Waals surface area contributed by atoms with Gasteiger partial charge in [0.05, 0.1) is 18.9 Å². The highest BCUT2D eigenvalue weighted by Crippen LogP contribution is 2.32. The van der Waals surface area contributed by atoms with Crippen LogP contribution in [0.3, 0.4) is 0 Å². The Kier molecular flexibility index (Phi) is 11.8. The first-order valence-electron chi connectivity index (χ1n) is 9.28. The fourth-order valence-electron chi connectivity index (χ4n) is 3.13. The van der Waals surface area contributed by atoms with Gasteiger partial charge >= 0.3 is 0 Å². The van der Waals surface area contributed by atoms with Crippen LogP contribution in [-0.4, -0.2) is 93.6 Å². The highest BCUT2D eigenvalue weighted by atomic mass is 127. The van der Waals surface area contributed by atoms with E-state index in [2.05, 4.69) is 15.6 Å². The summed E-state index contributed by atoms with van der Waals surface area (Å²) in [6.45, 7) is 6.18. The molecule has 2 saturated heterocycles. The molecule has 2 heterocycles. The summed E-state index contributed by atoms with van der Waals surface area (Å²) < 4.78 is 31.9. The Morgan fingerprint density at radius 3 is 2.67 bits per heavy atom. The second-order valence-electron chi connectivity index (χ2n) is 6.73. The summed E-state index contributed by atoms with van der Waals surface area (Å²) in [5.74, 6) is 2.41. The number of aliphatic imine (C=N–C) groups is 1. The molecule has 3 N–H and O–H groups in total. The summed E-state index contributed by atoms with van der Waals surface area (Å²) in [6, 6.07) is 0. The minimum absolute atomic E-state index is 0. The predicted molar refractivity (Wildman–Crippen MR) is 122 cm³/mol. The number of hydrogen-bond acceptors (Lipinski definition) is 6. The van der Waals surface area contributed by atoms with Crippen molar-refractivity contribution in [3.8, 4) is 0 Å². The van der Waals surface area contributed by atoms with E-state index >= 15 is 0 Å². The molecule has 1 unspecified atom stereocenters. The van der Waals surface area contributed by atoms with Crippen molar-refractivity contribution in [3.05, 3.63) is 0 Å². The molecule has 0 aliphatic carbocycles. The average molecular weight is 537 g/mol. The van der Waals surface area contributed by atoms with Crippen LogP contribution >= 0.6 is 35.7 Å². The van der Waals surface area contributed by atoms with E-state index in [1.165, 1.54) is 0 Å². The number of thioether (sulfide) groups is 1. The fraction of sp³-hybridized carbons (Fsp3) is 0.938. The van der Waals surface area contributed by atoms with Gasteiger partial charge in [-0.2, -0.15) is 11.8 Å². The molecular formula is C16H33IN4O4S2. The minimum atomic E-state index is -3.22. The van der Waals surface area contributed by atoms with Crippen molar-refractivity contribution in [2.24, 2.45) is 10.4 Å². The zero-order chi connectivity index (χ0) is 18.9. The zero-order valence-electron chi connectivity index (χ0n) is 16.0. The molecule has 160 valence electrons. The van der Waals surface area contributed by atoms with Crippen molar-refractivity contribution in [2.75, 3.05) is 69.8 Å². The van der Waals surface area contributed by atoms with Crippen LogP contribution in [0.1, 0.15) is 19.8 Å². The van der Waals surface area contributed by atoms with Crippen molar-refractivity contribution in [1.82, 2.24) is 14.9 Å². The smallest absolute Gasteiger partial charge is 0.215 e. The topological polar surface area (TPSA) is 103 Å². The molecule has 11 heteroatoms. The molecule has 0 bridgehead atoms. The Bertz CT molecular complexity index is 551. The van der Waals surface area contributed by atoms with Crippen LogP contribution in [-0.2, 0) is 14.8 Å². The van der Waals surface area contributed by atoms with E-state index in [0.29, 0.717) is 58.3 Å². The highest BCUT2D eigenvalue weighted by Gasteiger charge is 2.34. The maximum atomic E-state index is 12.4. The van der Waals surface area contributed by atoms with Crippen molar-refractivity contribution >= 4 is 51.7 Å². The van der Waals surface area contributed by atoms with E-state index in [1.807, 2.05) is 6.92 Å². The third-order valence-corrected chi connectivity index (χ3v) is 7.57. The number of nitrogens with zero attached hydrogens (tertiary/aromatic N) is 2. The lowest BCUT2D eigenvalue weighted by atomic mass is 9.84. The molecule has 0 radical (unpaired) electrons. The monoisotopic (exact) mass is 536 g/mol. The molecular weight excluding hydrogens is 503 g/mol. The largest absolute Gasteiger partial charge is 0.396 e. The Labute approximate surface area is 184 Å². The van der Waals surface area contributed by atoms with Crippen LogP contribution in [0.25, 0.3) is 0 Å². The van der Waals surface area contributed by atoms with Gasteiger partial charge in [0.2, 0.25) is 10.0 Å². The molecule has 0 spiro atoms. The number of nitrogens with one attached hydrogen (secondary N) is 2. The van der Waals surface area contributed by atoms with Gasteiger partial charge < -0.3 is 20.5 Å². The quantitative estimate of drug-likeness (QED) is 0.222. The molecule has 0 aromatic heterocycles. The van der Waals surface area contributed by atoms with Crippen LogP contribution in [0, 0.1) is 5.41 Å². The van der Waals surface area contributed by atoms with E-state index in [9.17, 15) is 13.5 Å². The van der Waals surface area contributed by atoms with Gasteiger partial charge in [0.15, 0.2) is 5.96 Å². The highest BCUT2D eigenvalue weighted by molar-refractivity contribution is 14.0. The zero-order valence-corrected chi connectivity index (χ0v) is 19.9. The second-order valence-corrected chi connectivity index (χ2v) is 10.0. The first kappa shape index (κ1) is 25.2. The SMILES string of the molecule is CCNC(=NCC1(CCO)CCOC1)NCCS(=O)(=O)N1CCSCC1.I. The molecule has 0 aromatic rings. The van der Waals surface area contributed by atoms with Gasteiger partial charge in [0.25, 0.3) is 0 Å². The summed E-state index contributed by atoms with van der Waals surface area (Å²) in [6.07, 6.45) is 1.55. The maximum absolute atomic E-state index is 12.4. The molecule has 0 aromatic carbocycles. The second kappa shape index (κ2) is 12.7. The van der Waals surface area contributed by atoms with Gasteiger partial charge in [-0.3, -0.25) is 4.99 Å². The van der Waals surface area contributed by atoms with Gasteiger partial charge in [-0.05, 0) is 19.8 Å². The molecule has 1 atom stereocenters. The van der Waals surface area contributed by atoms with Gasteiger partial charge in [0.1, 0.15) is 0 Å². The molecule has 2 fully saturated rings. The van der Waals surface area contributed by atoms with Crippen LogP contribution in [0.15, 0.2) is 4.99 Å². The van der Waals surface area contributed by atoms with Crippen molar-refractivity contribution in [2.45, 2.75) is 19.8 Å². The van der Waals surface area contributed by atoms with Crippen LogP contribution in [0.5, 0.6) is 0 Å². The molecule has 2 rings (SSSR count). The van der Waals surface area contributed by atoms with E-state index in [-0.39, 0.29) is 41.8 Å². The first-order chi connectivity index (χ1) is 12.5. The summed E-state index contributed by atoms with van der Waals surface area (Å²) in [5.41, 5.74) is -0.116. The normalized spacial score (nSPS) is 24.4. The number of rotatable bonds is 9. The summed E-state index contributed by atoms with van der Waals surface area (Å²) in [5, 5.41) is 15.6. The van der Waals surface area contributed by atoms with E-state index in [4.69, 9.17) is 4.74 Å². The number of hydrogen-bond donors (Lipinski definition) is 3. The Morgan fingerprint density at radius 1 is 1.33 bits per heavy atom. The molecule has 27 heavy (non-hydrogen) atoms. The fourth-order valence-corrected chi connectivity index (χ4v) is 5.62. The Balaban J connectivity index is 0.00000364. The Hall–Kier alpha value is 0.180. The molecule has 8 nitrogen and oxygen atoms in total. The van der Waals surface area contributed by atoms with Crippen LogP contribution in [0.4, 0.5) is 0 Å². The van der Waals surface area contributed by atoms with Crippen molar-refractivity contribution in [1.29, 1.82) is 0 Å².